The summed E-state index contributed by atoms with van der Waals surface area (Å²) in [6.07, 6.45) is 0.513. The monoisotopic (exact) mass is 335 g/mol. The molecular weight excluding hydrogens is 314 g/mol. The Labute approximate surface area is 140 Å². The second-order valence-corrected chi connectivity index (χ2v) is 5.85. The zero-order chi connectivity index (χ0) is 17.1. The van der Waals surface area contributed by atoms with Crippen LogP contribution in [0.1, 0.15) is 12.5 Å². The highest BCUT2D eigenvalue weighted by Crippen LogP contribution is 2.36. The van der Waals surface area contributed by atoms with Crippen LogP contribution in [0.15, 0.2) is 18.2 Å². The lowest BCUT2D eigenvalue weighted by Crippen LogP contribution is -2.55. The van der Waals surface area contributed by atoms with E-state index in [1.165, 1.54) is 4.90 Å². The Kier molecular flexibility index (Phi) is 4.89. The number of carbonyl (C=O) groups is 2. The molecule has 0 spiro atoms. The first-order valence-corrected chi connectivity index (χ1v) is 8.10. The van der Waals surface area contributed by atoms with Gasteiger partial charge in [-0.1, -0.05) is 12.1 Å². The fourth-order valence-electron chi connectivity index (χ4n) is 3.13. The molecule has 0 bridgehead atoms. The first-order chi connectivity index (χ1) is 11.6. The van der Waals surface area contributed by atoms with Crippen molar-refractivity contribution in [3.63, 3.8) is 0 Å². The van der Waals surface area contributed by atoms with Gasteiger partial charge in [-0.05, 0) is 25.0 Å². The van der Waals surface area contributed by atoms with Gasteiger partial charge in [0.2, 0.25) is 5.91 Å². The van der Waals surface area contributed by atoms with Crippen LogP contribution in [-0.4, -0.2) is 60.9 Å². The first-order valence-electron chi connectivity index (χ1n) is 8.10. The van der Waals surface area contributed by atoms with E-state index in [4.69, 9.17) is 14.2 Å². The van der Waals surface area contributed by atoms with Gasteiger partial charge in [-0.2, -0.15) is 0 Å². The van der Waals surface area contributed by atoms with E-state index in [9.17, 15) is 14.7 Å². The molecule has 2 atom stereocenters. The summed E-state index contributed by atoms with van der Waals surface area (Å²) in [4.78, 5) is 25.5. The number of hydrogen-bond acceptors (Lipinski definition) is 5. The molecule has 2 aliphatic rings. The minimum atomic E-state index is -1.04. The van der Waals surface area contributed by atoms with Crippen LogP contribution in [0.3, 0.4) is 0 Å². The summed E-state index contributed by atoms with van der Waals surface area (Å²) in [6.45, 7) is 3.33. The molecule has 2 unspecified atom stereocenters. The number of rotatable bonds is 4. The van der Waals surface area contributed by atoms with Gasteiger partial charge in [-0.15, -0.1) is 0 Å². The average molecular weight is 335 g/mol. The molecule has 1 saturated heterocycles. The molecule has 1 amide bonds. The van der Waals surface area contributed by atoms with E-state index in [1.807, 2.05) is 25.1 Å². The largest absolute Gasteiger partial charge is 0.490 e. The van der Waals surface area contributed by atoms with Crippen molar-refractivity contribution >= 4 is 11.9 Å². The van der Waals surface area contributed by atoms with Crippen LogP contribution in [0.25, 0.3) is 0 Å². The summed E-state index contributed by atoms with van der Waals surface area (Å²) in [5, 5.41) is 9.29. The fourth-order valence-corrected chi connectivity index (χ4v) is 3.13. The van der Waals surface area contributed by atoms with Gasteiger partial charge in [0.25, 0.3) is 0 Å². The van der Waals surface area contributed by atoms with Crippen LogP contribution in [0.2, 0.25) is 0 Å². The molecule has 3 rings (SSSR count). The van der Waals surface area contributed by atoms with E-state index in [0.29, 0.717) is 31.1 Å². The number of carboxylic acid groups (broad SMARTS) is 1. The summed E-state index contributed by atoms with van der Waals surface area (Å²) >= 11 is 0. The van der Waals surface area contributed by atoms with Crippen LogP contribution < -0.4 is 9.47 Å². The Bertz CT molecular complexity index is 632. The van der Waals surface area contributed by atoms with Gasteiger partial charge in [0.05, 0.1) is 25.7 Å². The Balaban J connectivity index is 1.76. The summed E-state index contributed by atoms with van der Waals surface area (Å²) in [7, 11) is 0. The average Bonchev–Trinajstić information content (AvgIpc) is 2.61. The van der Waals surface area contributed by atoms with Gasteiger partial charge in [-0.25, -0.2) is 4.79 Å². The van der Waals surface area contributed by atoms with Crippen LogP contribution in [-0.2, 0) is 20.7 Å². The van der Waals surface area contributed by atoms with Gasteiger partial charge in [0.15, 0.2) is 17.5 Å². The lowest BCUT2D eigenvalue weighted by atomic mass is 9.94. The van der Waals surface area contributed by atoms with Crippen molar-refractivity contribution in [3.8, 4) is 11.5 Å². The van der Waals surface area contributed by atoms with Crippen molar-refractivity contribution in [2.45, 2.75) is 19.4 Å². The van der Waals surface area contributed by atoms with Crippen LogP contribution in [0.5, 0.6) is 11.5 Å². The number of para-hydroxylation sites is 1. The lowest BCUT2D eigenvalue weighted by molar-refractivity contribution is -0.161. The van der Waals surface area contributed by atoms with Crippen LogP contribution >= 0.6 is 0 Å². The van der Waals surface area contributed by atoms with Gasteiger partial charge in [0.1, 0.15) is 6.61 Å². The van der Waals surface area contributed by atoms with Crippen molar-refractivity contribution in [1.29, 1.82) is 0 Å². The molecule has 0 saturated carbocycles. The number of fused-ring (bicyclic) bond motifs is 1. The molecule has 1 aromatic carbocycles. The second kappa shape index (κ2) is 7.09. The van der Waals surface area contributed by atoms with Crippen molar-refractivity contribution in [3.05, 3.63) is 23.8 Å². The maximum absolute atomic E-state index is 12.8. The zero-order valence-electron chi connectivity index (χ0n) is 13.6. The van der Waals surface area contributed by atoms with E-state index in [2.05, 4.69) is 0 Å². The van der Waals surface area contributed by atoms with Gasteiger partial charge in [0, 0.05) is 6.54 Å². The van der Waals surface area contributed by atoms with Gasteiger partial charge in [-0.3, -0.25) is 4.79 Å². The molecule has 0 aliphatic carbocycles. The highest BCUT2D eigenvalue weighted by molar-refractivity contribution is 5.86. The number of morpholine rings is 1. The van der Waals surface area contributed by atoms with Crippen molar-refractivity contribution in [2.24, 2.45) is 5.92 Å². The predicted octanol–water partition coefficient (Wildman–Crippen LogP) is 0.948. The number of amides is 1. The normalized spacial score (nSPS) is 23.1. The smallest absolute Gasteiger partial charge is 0.328 e. The third-order valence-electron chi connectivity index (χ3n) is 4.30. The minimum Gasteiger partial charge on any atom is -0.490 e. The van der Waals surface area contributed by atoms with Crippen LogP contribution in [0.4, 0.5) is 0 Å². The number of carbonyl (C=O) groups excluding carboxylic acids is 1. The predicted molar refractivity (Wildman–Crippen MR) is 84.3 cm³/mol. The van der Waals surface area contributed by atoms with Crippen molar-refractivity contribution < 1.29 is 28.9 Å². The molecule has 1 aromatic rings. The van der Waals surface area contributed by atoms with E-state index in [1.54, 1.807) is 0 Å². The Morgan fingerprint density at radius 3 is 2.96 bits per heavy atom. The minimum absolute atomic E-state index is 0.0275. The number of hydrogen-bond donors (Lipinski definition) is 1. The molecule has 1 fully saturated rings. The molecule has 0 radical (unpaired) electrons. The molecule has 1 N–H and O–H groups in total. The van der Waals surface area contributed by atoms with E-state index >= 15 is 0 Å². The SMILES string of the molecule is CCOc1cccc2c1OCC(C(=O)N1CCOCC1C(=O)O)C2. The Morgan fingerprint density at radius 2 is 2.21 bits per heavy atom. The maximum Gasteiger partial charge on any atom is 0.328 e. The van der Waals surface area contributed by atoms with Crippen molar-refractivity contribution in [2.75, 3.05) is 33.0 Å². The fraction of sp³-hybridized carbons (Fsp3) is 0.529. The lowest BCUT2D eigenvalue weighted by Gasteiger charge is -2.36. The number of aliphatic carboxylic acids is 1. The molecule has 7 nitrogen and oxygen atoms in total. The molecule has 130 valence electrons. The molecular formula is C17H21NO6. The summed E-state index contributed by atoms with van der Waals surface area (Å²) in [6, 6.07) is 4.69. The standard InChI is InChI=1S/C17H21NO6/c1-2-23-14-5-3-4-11-8-12(9-24-15(11)14)16(19)18-6-7-22-10-13(18)17(20)21/h3-5,12-13H,2,6-10H2,1H3,(H,20,21). The molecule has 24 heavy (non-hydrogen) atoms. The third kappa shape index (κ3) is 3.17. The van der Waals surface area contributed by atoms with Crippen molar-refractivity contribution in [1.82, 2.24) is 4.90 Å². The number of nitrogens with zero attached hydrogens (tertiary/aromatic N) is 1. The van der Waals surface area contributed by atoms with E-state index in [0.717, 1.165) is 5.56 Å². The summed E-state index contributed by atoms with van der Waals surface area (Å²) in [5.74, 6) is -0.276. The zero-order valence-corrected chi connectivity index (χ0v) is 13.6. The van der Waals surface area contributed by atoms with Gasteiger partial charge >= 0.3 is 5.97 Å². The highest BCUT2D eigenvalue weighted by Gasteiger charge is 2.38. The van der Waals surface area contributed by atoms with E-state index < -0.39 is 17.9 Å². The number of benzene rings is 1. The molecule has 2 aliphatic heterocycles. The number of ether oxygens (including phenoxy) is 3. The summed E-state index contributed by atoms with van der Waals surface area (Å²) < 4.78 is 16.5. The quantitative estimate of drug-likeness (QED) is 0.882. The third-order valence-corrected chi connectivity index (χ3v) is 4.30. The Morgan fingerprint density at radius 1 is 1.38 bits per heavy atom. The number of carboxylic acids is 1. The molecule has 2 heterocycles. The second-order valence-electron chi connectivity index (χ2n) is 5.85. The van der Waals surface area contributed by atoms with E-state index in [-0.39, 0.29) is 25.7 Å². The van der Waals surface area contributed by atoms with Crippen LogP contribution in [0, 0.1) is 5.92 Å². The molecule has 7 heteroatoms. The Hall–Kier alpha value is -2.28. The highest BCUT2D eigenvalue weighted by atomic mass is 16.5. The topological polar surface area (TPSA) is 85.3 Å². The van der Waals surface area contributed by atoms with Gasteiger partial charge < -0.3 is 24.2 Å². The molecule has 0 aromatic heterocycles. The first kappa shape index (κ1) is 16.6. The summed E-state index contributed by atoms with van der Waals surface area (Å²) in [5.41, 5.74) is 0.908. The maximum atomic E-state index is 12.8.